The van der Waals surface area contributed by atoms with E-state index in [4.69, 9.17) is 21.4 Å². The molecule has 10 nitrogen and oxygen atoms in total. The van der Waals surface area contributed by atoms with E-state index >= 15 is 0 Å². The minimum Gasteiger partial charge on any atom is -0.481 e. The van der Waals surface area contributed by atoms with Crippen molar-refractivity contribution in [3.05, 3.63) is 35.6 Å². The number of halogens is 1. The van der Waals surface area contributed by atoms with E-state index in [1.807, 2.05) is 20.8 Å². The number of hydrogen-bond donors (Lipinski definition) is 3. The van der Waals surface area contributed by atoms with Gasteiger partial charge in [0.15, 0.2) is 0 Å². The van der Waals surface area contributed by atoms with Crippen LogP contribution in [0.25, 0.3) is 0 Å². The Morgan fingerprint density at radius 2 is 1.89 bits per heavy atom. The van der Waals surface area contributed by atoms with Crippen LogP contribution in [0.4, 0.5) is 16.3 Å². The third-order valence-corrected chi connectivity index (χ3v) is 7.23. The summed E-state index contributed by atoms with van der Waals surface area (Å²) >= 11 is 7.72. The minimum atomic E-state index is -1.22. The van der Waals surface area contributed by atoms with E-state index in [1.54, 1.807) is 30.6 Å². The second-order valence-electron chi connectivity index (χ2n) is 10.2. The van der Waals surface area contributed by atoms with Gasteiger partial charge in [0.05, 0.1) is 23.1 Å². The quantitative estimate of drug-likeness (QED) is 0.396. The summed E-state index contributed by atoms with van der Waals surface area (Å²) in [6, 6.07) is 5.11. The number of hydrogen-bond acceptors (Lipinski definition) is 8. The molecule has 0 unspecified atom stereocenters. The Hall–Kier alpha value is -3.05. The lowest BCUT2D eigenvalue weighted by molar-refractivity contribution is -0.139. The molecule has 200 valence electrons. The lowest BCUT2D eigenvalue weighted by Gasteiger charge is -2.40. The molecule has 0 saturated carbocycles. The third kappa shape index (κ3) is 8.78. The maximum Gasteiger partial charge on any atom is 0.407 e. The molecule has 3 N–H and O–H groups in total. The summed E-state index contributed by atoms with van der Waals surface area (Å²) in [5.74, 6) is -1.10. The highest BCUT2D eigenvalue weighted by Gasteiger charge is 2.31. The van der Waals surface area contributed by atoms with Gasteiger partial charge in [-0.15, -0.1) is 0 Å². The number of aliphatic carboxylic acids is 1. The predicted molar refractivity (Wildman–Crippen MR) is 142 cm³/mol. The molecule has 37 heavy (non-hydrogen) atoms. The van der Waals surface area contributed by atoms with E-state index in [1.165, 1.54) is 11.8 Å². The van der Waals surface area contributed by atoms with Gasteiger partial charge in [0.1, 0.15) is 22.9 Å². The Bertz CT molecular complexity index is 1130. The zero-order valence-electron chi connectivity index (χ0n) is 21.3. The number of nitrogens with one attached hydrogen (secondary N) is 2. The number of carbonyl (C=O) groups excluding carboxylic acids is 2. The van der Waals surface area contributed by atoms with Gasteiger partial charge in [0.2, 0.25) is 5.91 Å². The van der Waals surface area contributed by atoms with Crippen molar-refractivity contribution >= 4 is 52.8 Å². The van der Waals surface area contributed by atoms with Crippen LogP contribution in [0.15, 0.2) is 40.5 Å². The number of benzene rings is 1. The summed E-state index contributed by atoms with van der Waals surface area (Å²) < 4.78 is 5.33. The van der Waals surface area contributed by atoms with Gasteiger partial charge in [-0.25, -0.2) is 14.8 Å². The Morgan fingerprint density at radius 3 is 2.49 bits per heavy atom. The Labute approximate surface area is 225 Å². The van der Waals surface area contributed by atoms with Crippen LogP contribution >= 0.6 is 23.4 Å². The van der Waals surface area contributed by atoms with Crippen molar-refractivity contribution < 1.29 is 24.2 Å². The average Bonchev–Trinajstić information content (AvgIpc) is 2.80. The third-order valence-electron chi connectivity index (χ3n) is 5.73. The van der Waals surface area contributed by atoms with Gasteiger partial charge < -0.3 is 25.4 Å². The molecular formula is C25H32ClN5O5S. The van der Waals surface area contributed by atoms with Gasteiger partial charge >= 0.3 is 12.1 Å². The largest absolute Gasteiger partial charge is 0.481 e. The van der Waals surface area contributed by atoms with E-state index in [0.717, 1.165) is 31.7 Å². The molecule has 0 aliphatic carbocycles. The van der Waals surface area contributed by atoms with E-state index in [2.05, 4.69) is 32.4 Å². The van der Waals surface area contributed by atoms with E-state index in [-0.39, 0.29) is 5.41 Å². The van der Waals surface area contributed by atoms with Gasteiger partial charge in [0.25, 0.3) is 0 Å². The second-order valence-corrected chi connectivity index (χ2v) is 11.6. The SMILES string of the molecule is CC1(CNC(=O)OC(C)(C)C)CCN(c2cnc(Sc3cccc(NC(=O)CC(=O)O)c3Cl)cn2)CC1. The van der Waals surface area contributed by atoms with Crippen LogP contribution in [-0.4, -0.2) is 58.3 Å². The standard InChI is InChI=1S/C25H32ClN5O5S/c1-24(2,3)36-23(35)29-15-25(4)8-10-31(11-9-25)18-13-28-20(14-27-18)37-17-7-5-6-16(22(17)26)30-19(32)12-21(33)34/h5-7,13-14H,8-12,15H2,1-4H3,(H,29,35)(H,30,32)(H,33,34). The molecule has 2 heterocycles. The number of carbonyl (C=O) groups is 3. The van der Waals surface area contributed by atoms with Crippen LogP contribution in [0, 0.1) is 5.41 Å². The van der Waals surface area contributed by atoms with Crippen LogP contribution < -0.4 is 15.5 Å². The minimum absolute atomic E-state index is 0.0295. The van der Waals surface area contributed by atoms with Crippen LogP contribution in [-0.2, 0) is 14.3 Å². The Kier molecular flexibility index (Phi) is 9.25. The monoisotopic (exact) mass is 549 g/mol. The molecule has 0 bridgehead atoms. The number of piperidine rings is 1. The predicted octanol–water partition coefficient (Wildman–Crippen LogP) is 4.83. The highest BCUT2D eigenvalue weighted by atomic mass is 35.5. The number of alkyl carbamates (subject to hydrolysis) is 1. The van der Waals surface area contributed by atoms with E-state index in [0.29, 0.717) is 27.2 Å². The van der Waals surface area contributed by atoms with Gasteiger partial charge in [-0.05, 0) is 51.2 Å². The molecule has 0 radical (unpaired) electrons. The van der Waals surface area contributed by atoms with Crippen molar-refractivity contribution in [1.29, 1.82) is 0 Å². The Balaban J connectivity index is 1.55. The molecule has 0 atom stereocenters. The maximum atomic E-state index is 12.0. The molecule has 2 amide bonds. The first kappa shape index (κ1) is 28.5. The van der Waals surface area contributed by atoms with Crippen LogP contribution in [0.1, 0.15) is 47.0 Å². The average molecular weight is 550 g/mol. The van der Waals surface area contributed by atoms with Crippen molar-refractivity contribution in [2.75, 3.05) is 29.9 Å². The number of amides is 2. The van der Waals surface area contributed by atoms with Crippen molar-refractivity contribution in [2.45, 2.75) is 62.5 Å². The van der Waals surface area contributed by atoms with Crippen molar-refractivity contribution in [3.8, 4) is 0 Å². The van der Waals surface area contributed by atoms with Gasteiger partial charge in [0, 0.05) is 24.5 Å². The molecule has 0 spiro atoms. The zero-order chi connectivity index (χ0) is 27.2. The van der Waals surface area contributed by atoms with Gasteiger partial charge in [-0.3, -0.25) is 9.59 Å². The summed E-state index contributed by atoms with van der Waals surface area (Å²) in [5, 5.41) is 15.1. The first-order valence-corrected chi connectivity index (χ1v) is 13.0. The molecule has 3 rings (SSSR count). The van der Waals surface area contributed by atoms with Crippen LogP contribution in [0.2, 0.25) is 5.02 Å². The number of aromatic nitrogens is 2. The highest BCUT2D eigenvalue weighted by molar-refractivity contribution is 7.99. The fourth-order valence-electron chi connectivity index (χ4n) is 3.71. The number of ether oxygens (including phenoxy) is 1. The zero-order valence-corrected chi connectivity index (χ0v) is 22.9. The molecule has 1 aliphatic rings. The topological polar surface area (TPSA) is 134 Å². The number of carboxylic acids is 1. The van der Waals surface area contributed by atoms with Crippen molar-refractivity contribution in [3.63, 3.8) is 0 Å². The fourth-order valence-corrected chi connectivity index (χ4v) is 4.78. The van der Waals surface area contributed by atoms with Crippen LogP contribution in [0.5, 0.6) is 0 Å². The molecular weight excluding hydrogens is 518 g/mol. The molecule has 1 aliphatic heterocycles. The van der Waals surface area contributed by atoms with Crippen molar-refractivity contribution in [1.82, 2.24) is 15.3 Å². The van der Waals surface area contributed by atoms with Gasteiger partial charge in [-0.2, -0.15) is 0 Å². The van der Waals surface area contributed by atoms with E-state index < -0.39 is 30.0 Å². The molecule has 1 aromatic heterocycles. The number of rotatable bonds is 8. The van der Waals surface area contributed by atoms with Crippen LogP contribution in [0.3, 0.4) is 0 Å². The molecule has 1 saturated heterocycles. The molecule has 12 heteroatoms. The smallest absolute Gasteiger partial charge is 0.407 e. The number of carboxylic acid groups (broad SMARTS) is 1. The summed E-state index contributed by atoms with van der Waals surface area (Å²) in [7, 11) is 0. The van der Waals surface area contributed by atoms with Crippen molar-refractivity contribution in [2.24, 2.45) is 5.41 Å². The number of nitrogens with zero attached hydrogens (tertiary/aromatic N) is 3. The lowest BCUT2D eigenvalue weighted by atomic mass is 9.80. The van der Waals surface area contributed by atoms with Gasteiger partial charge in [-0.1, -0.05) is 36.4 Å². The molecule has 1 fully saturated rings. The maximum absolute atomic E-state index is 12.0. The highest BCUT2D eigenvalue weighted by Crippen LogP contribution is 2.37. The molecule has 2 aromatic rings. The summed E-state index contributed by atoms with van der Waals surface area (Å²) in [6.45, 7) is 9.81. The normalized spacial score (nSPS) is 15.1. The summed E-state index contributed by atoms with van der Waals surface area (Å²) in [6.07, 6.45) is 4.12. The van der Waals surface area contributed by atoms with E-state index in [9.17, 15) is 14.4 Å². The fraction of sp³-hybridized carbons (Fsp3) is 0.480. The second kappa shape index (κ2) is 12.0. The molecule has 1 aromatic carbocycles. The first-order chi connectivity index (χ1) is 17.3. The first-order valence-electron chi connectivity index (χ1n) is 11.9. The number of anilines is 2. The summed E-state index contributed by atoms with van der Waals surface area (Å²) in [4.78, 5) is 46.4. The summed E-state index contributed by atoms with van der Waals surface area (Å²) in [5.41, 5.74) is -0.220. The Morgan fingerprint density at radius 1 is 1.19 bits per heavy atom. The lowest BCUT2D eigenvalue weighted by Crippen LogP contribution is -2.45.